The van der Waals surface area contributed by atoms with Crippen LogP contribution in [-0.2, 0) is 13.1 Å². The van der Waals surface area contributed by atoms with Crippen LogP contribution in [0.15, 0.2) is 47.5 Å². The Labute approximate surface area is 159 Å². The number of aliphatic imine (C=N–C) groups is 1. The van der Waals surface area contributed by atoms with Crippen LogP contribution < -0.4 is 15.4 Å². The summed E-state index contributed by atoms with van der Waals surface area (Å²) >= 11 is 0. The van der Waals surface area contributed by atoms with Crippen LogP contribution in [0.5, 0.6) is 5.75 Å². The van der Waals surface area contributed by atoms with E-state index >= 15 is 0 Å². The molecule has 0 aliphatic carbocycles. The highest BCUT2D eigenvalue weighted by molar-refractivity contribution is 5.79. The average molecular weight is 376 g/mol. The lowest BCUT2D eigenvalue weighted by Gasteiger charge is -2.14. The average Bonchev–Trinajstić information content (AvgIpc) is 2.64. The van der Waals surface area contributed by atoms with Gasteiger partial charge < -0.3 is 20.3 Å². The fourth-order valence-electron chi connectivity index (χ4n) is 2.36. The molecule has 0 heterocycles. The Morgan fingerprint density at radius 3 is 2.59 bits per heavy atom. The van der Waals surface area contributed by atoms with Crippen LogP contribution in [0, 0.1) is 11.6 Å². The van der Waals surface area contributed by atoms with Crippen molar-refractivity contribution >= 4 is 5.96 Å². The fraction of sp³-hybridized carbons (Fsp3) is 0.350. The SMILES string of the molecule is CN=C(NCc1cccc(OCCN(C)C)c1)NCc1cc(F)ccc1F. The molecule has 0 atom stereocenters. The Morgan fingerprint density at radius 1 is 1.07 bits per heavy atom. The van der Waals surface area contributed by atoms with E-state index in [1.807, 2.05) is 38.4 Å². The van der Waals surface area contributed by atoms with E-state index in [-0.39, 0.29) is 12.1 Å². The molecule has 0 spiro atoms. The zero-order valence-electron chi connectivity index (χ0n) is 15.9. The quantitative estimate of drug-likeness (QED) is 0.550. The molecule has 2 aromatic carbocycles. The third kappa shape index (κ3) is 7.22. The zero-order valence-corrected chi connectivity index (χ0v) is 15.9. The van der Waals surface area contributed by atoms with Crippen molar-refractivity contribution in [1.82, 2.24) is 15.5 Å². The second kappa shape index (κ2) is 10.5. The summed E-state index contributed by atoms with van der Waals surface area (Å²) in [6.07, 6.45) is 0. The monoisotopic (exact) mass is 376 g/mol. The lowest BCUT2D eigenvalue weighted by molar-refractivity contribution is 0.261. The minimum absolute atomic E-state index is 0.136. The molecule has 0 saturated heterocycles. The normalized spacial score (nSPS) is 11.6. The Hall–Kier alpha value is -2.67. The first-order valence-electron chi connectivity index (χ1n) is 8.73. The van der Waals surface area contributed by atoms with E-state index in [4.69, 9.17) is 4.74 Å². The molecule has 0 amide bonds. The Bertz CT molecular complexity index is 765. The number of nitrogens with zero attached hydrogens (tertiary/aromatic N) is 2. The summed E-state index contributed by atoms with van der Waals surface area (Å²) in [7, 11) is 5.62. The van der Waals surface area contributed by atoms with E-state index in [1.54, 1.807) is 7.05 Å². The minimum Gasteiger partial charge on any atom is -0.492 e. The van der Waals surface area contributed by atoms with Gasteiger partial charge in [-0.05, 0) is 50.0 Å². The molecule has 0 radical (unpaired) electrons. The number of hydrogen-bond donors (Lipinski definition) is 2. The molecule has 146 valence electrons. The molecule has 0 saturated carbocycles. The van der Waals surface area contributed by atoms with Crippen molar-refractivity contribution in [3.8, 4) is 5.75 Å². The van der Waals surface area contributed by atoms with E-state index in [2.05, 4.69) is 20.5 Å². The third-order valence-electron chi connectivity index (χ3n) is 3.84. The molecule has 0 fully saturated rings. The lowest BCUT2D eigenvalue weighted by atomic mass is 10.2. The minimum atomic E-state index is -0.470. The van der Waals surface area contributed by atoms with Crippen LogP contribution in [0.2, 0.25) is 0 Å². The van der Waals surface area contributed by atoms with E-state index in [0.717, 1.165) is 30.0 Å². The van der Waals surface area contributed by atoms with Crippen molar-refractivity contribution in [3.05, 3.63) is 65.2 Å². The summed E-state index contributed by atoms with van der Waals surface area (Å²) < 4.78 is 32.7. The van der Waals surface area contributed by atoms with Gasteiger partial charge >= 0.3 is 0 Å². The van der Waals surface area contributed by atoms with E-state index in [0.29, 0.717) is 19.1 Å². The van der Waals surface area contributed by atoms with Crippen molar-refractivity contribution in [2.45, 2.75) is 13.1 Å². The fourth-order valence-corrected chi connectivity index (χ4v) is 2.36. The number of nitrogens with one attached hydrogen (secondary N) is 2. The summed E-state index contributed by atoms with van der Waals surface area (Å²) in [6, 6.07) is 11.2. The van der Waals surface area contributed by atoms with Gasteiger partial charge in [-0.2, -0.15) is 0 Å². The Balaban J connectivity index is 1.85. The zero-order chi connectivity index (χ0) is 19.6. The van der Waals surface area contributed by atoms with Gasteiger partial charge in [0.2, 0.25) is 0 Å². The highest BCUT2D eigenvalue weighted by Gasteiger charge is 2.06. The van der Waals surface area contributed by atoms with Gasteiger partial charge in [0.1, 0.15) is 24.0 Å². The molecule has 0 aromatic heterocycles. The Kier molecular flexibility index (Phi) is 8.00. The van der Waals surface area contributed by atoms with E-state index < -0.39 is 11.6 Å². The van der Waals surface area contributed by atoms with Crippen molar-refractivity contribution in [1.29, 1.82) is 0 Å². The van der Waals surface area contributed by atoms with Crippen molar-refractivity contribution in [2.24, 2.45) is 4.99 Å². The first kappa shape index (κ1) is 20.6. The molecule has 5 nitrogen and oxygen atoms in total. The van der Waals surface area contributed by atoms with Gasteiger partial charge in [0, 0.05) is 32.2 Å². The van der Waals surface area contributed by atoms with Crippen LogP contribution in [-0.4, -0.2) is 45.2 Å². The standard InChI is InChI=1S/C20H26F2N4O/c1-23-20(25-14-16-12-17(21)7-8-19(16)22)24-13-15-5-4-6-18(11-15)27-10-9-26(2)3/h4-8,11-12H,9-10,13-14H2,1-3H3,(H2,23,24,25). The van der Waals surface area contributed by atoms with Gasteiger partial charge in [-0.1, -0.05) is 12.1 Å². The largest absolute Gasteiger partial charge is 0.492 e. The first-order chi connectivity index (χ1) is 13.0. The van der Waals surface area contributed by atoms with Crippen LogP contribution in [0.1, 0.15) is 11.1 Å². The van der Waals surface area contributed by atoms with Crippen LogP contribution in [0.4, 0.5) is 8.78 Å². The van der Waals surface area contributed by atoms with Crippen molar-refractivity contribution < 1.29 is 13.5 Å². The highest BCUT2D eigenvalue weighted by atomic mass is 19.1. The van der Waals surface area contributed by atoms with Crippen molar-refractivity contribution in [3.63, 3.8) is 0 Å². The third-order valence-corrected chi connectivity index (χ3v) is 3.84. The van der Waals surface area contributed by atoms with Gasteiger partial charge in [0.15, 0.2) is 5.96 Å². The second-order valence-corrected chi connectivity index (χ2v) is 6.31. The molecule has 2 aromatic rings. The van der Waals surface area contributed by atoms with Crippen molar-refractivity contribution in [2.75, 3.05) is 34.3 Å². The molecular weight excluding hydrogens is 350 g/mol. The van der Waals surface area contributed by atoms with Crippen LogP contribution in [0.25, 0.3) is 0 Å². The molecule has 0 unspecified atom stereocenters. The first-order valence-corrected chi connectivity index (χ1v) is 8.73. The predicted octanol–water partition coefficient (Wildman–Crippen LogP) is 2.77. The smallest absolute Gasteiger partial charge is 0.191 e. The molecule has 2 N–H and O–H groups in total. The van der Waals surface area contributed by atoms with Crippen LogP contribution in [0.3, 0.4) is 0 Å². The summed E-state index contributed by atoms with van der Waals surface area (Å²) in [5.74, 6) is 0.377. The van der Waals surface area contributed by atoms with Gasteiger partial charge in [-0.3, -0.25) is 4.99 Å². The van der Waals surface area contributed by atoms with Gasteiger partial charge in [0.25, 0.3) is 0 Å². The number of ether oxygens (including phenoxy) is 1. The Morgan fingerprint density at radius 2 is 1.85 bits per heavy atom. The number of benzene rings is 2. The summed E-state index contributed by atoms with van der Waals surface area (Å²) in [5, 5.41) is 6.13. The molecule has 7 heteroatoms. The number of likely N-dealkylation sites (N-methyl/N-ethyl adjacent to an activating group) is 1. The maximum Gasteiger partial charge on any atom is 0.191 e. The molecule has 0 bridgehead atoms. The number of guanidine groups is 1. The molecule has 0 aliphatic rings. The summed E-state index contributed by atoms with van der Waals surface area (Å²) in [4.78, 5) is 6.16. The molecular formula is C20H26F2N4O. The highest BCUT2D eigenvalue weighted by Crippen LogP contribution is 2.13. The maximum absolute atomic E-state index is 13.7. The van der Waals surface area contributed by atoms with Gasteiger partial charge in [-0.25, -0.2) is 8.78 Å². The predicted molar refractivity (Wildman–Crippen MR) is 104 cm³/mol. The number of halogens is 2. The summed E-state index contributed by atoms with van der Waals surface area (Å²) in [6.45, 7) is 2.12. The maximum atomic E-state index is 13.7. The topological polar surface area (TPSA) is 48.9 Å². The van der Waals surface area contributed by atoms with E-state index in [9.17, 15) is 8.78 Å². The number of rotatable bonds is 8. The van der Waals surface area contributed by atoms with E-state index in [1.165, 1.54) is 6.07 Å². The summed E-state index contributed by atoms with van der Waals surface area (Å²) in [5.41, 5.74) is 1.27. The molecule has 2 rings (SSSR count). The van der Waals surface area contributed by atoms with Crippen LogP contribution >= 0.6 is 0 Å². The second-order valence-electron chi connectivity index (χ2n) is 6.31. The lowest BCUT2D eigenvalue weighted by Crippen LogP contribution is -2.36. The van der Waals surface area contributed by atoms with Gasteiger partial charge in [0.05, 0.1) is 0 Å². The molecule has 27 heavy (non-hydrogen) atoms. The number of hydrogen-bond acceptors (Lipinski definition) is 3. The van der Waals surface area contributed by atoms with Gasteiger partial charge in [-0.15, -0.1) is 0 Å². The molecule has 0 aliphatic heterocycles.